The van der Waals surface area contributed by atoms with E-state index in [1.165, 1.54) is 0 Å². The first-order valence-corrected chi connectivity index (χ1v) is 3.70. The second-order valence-corrected chi connectivity index (χ2v) is 2.16. The predicted octanol–water partition coefficient (Wildman–Crippen LogP) is 1.35. The Morgan fingerprint density at radius 1 is 1.70 bits per heavy atom. The van der Waals surface area contributed by atoms with E-state index in [-0.39, 0.29) is 12.7 Å². The van der Waals surface area contributed by atoms with Crippen LogP contribution in [0.4, 0.5) is 0 Å². The van der Waals surface area contributed by atoms with Crippen molar-refractivity contribution in [3.05, 3.63) is 12.7 Å². The molecule has 0 aliphatic heterocycles. The van der Waals surface area contributed by atoms with E-state index in [2.05, 4.69) is 13.5 Å². The van der Waals surface area contributed by atoms with Gasteiger partial charge in [0.05, 0.1) is 19.3 Å². The molecule has 0 spiro atoms. The molecule has 0 aromatic carbocycles. The lowest BCUT2D eigenvalue weighted by atomic mass is 10.2. The monoisotopic (exact) mass is 144 g/mol. The van der Waals surface area contributed by atoms with Crippen LogP contribution in [0.15, 0.2) is 12.7 Å². The Balaban J connectivity index is 3.29. The summed E-state index contributed by atoms with van der Waals surface area (Å²) >= 11 is 0. The minimum Gasteiger partial charge on any atom is -0.394 e. The quantitative estimate of drug-likeness (QED) is 0.570. The summed E-state index contributed by atoms with van der Waals surface area (Å²) in [6, 6.07) is 0. The molecule has 10 heavy (non-hydrogen) atoms. The largest absolute Gasteiger partial charge is 0.394 e. The van der Waals surface area contributed by atoms with Crippen molar-refractivity contribution in [1.82, 2.24) is 0 Å². The SMILES string of the molecule is C=CC(CCC)OCCO. The van der Waals surface area contributed by atoms with Crippen LogP contribution >= 0.6 is 0 Å². The van der Waals surface area contributed by atoms with Crippen LogP contribution < -0.4 is 0 Å². The first-order valence-electron chi connectivity index (χ1n) is 3.70. The lowest BCUT2D eigenvalue weighted by Gasteiger charge is -2.10. The van der Waals surface area contributed by atoms with Crippen LogP contribution in [0.2, 0.25) is 0 Å². The molecule has 0 rings (SSSR count). The lowest BCUT2D eigenvalue weighted by molar-refractivity contribution is 0.0501. The smallest absolute Gasteiger partial charge is 0.0754 e. The second kappa shape index (κ2) is 6.78. The molecule has 0 bridgehead atoms. The highest BCUT2D eigenvalue weighted by Gasteiger charge is 2.00. The lowest BCUT2D eigenvalue weighted by Crippen LogP contribution is -2.11. The van der Waals surface area contributed by atoms with Gasteiger partial charge >= 0.3 is 0 Å². The summed E-state index contributed by atoms with van der Waals surface area (Å²) in [4.78, 5) is 0. The van der Waals surface area contributed by atoms with Crippen molar-refractivity contribution in [2.75, 3.05) is 13.2 Å². The van der Waals surface area contributed by atoms with E-state index in [4.69, 9.17) is 9.84 Å². The van der Waals surface area contributed by atoms with Crippen LogP contribution in [0.3, 0.4) is 0 Å². The fourth-order valence-corrected chi connectivity index (χ4v) is 0.758. The molecule has 0 fully saturated rings. The number of aliphatic hydroxyl groups excluding tert-OH is 1. The molecule has 0 heterocycles. The van der Waals surface area contributed by atoms with Gasteiger partial charge in [-0.25, -0.2) is 0 Å². The summed E-state index contributed by atoms with van der Waals surface area (Å²) in [6.07, 6.45) is 3.97. The normalized spacial score (nSPS) is 13.0. The first kappa shape index (κ1) is 9.66. The summed E-state index contributed by atoms with van der Waals surface area (Å²) in [5.41, 5.74) is 0. The minimum absolute atomic E-state index is 0.0913. The van der Waals surface area contributed by atoms with Crippen molar-refractivity contribution in [3.8, 4) is 0 Å². The number of aliphatic hydroxyl groups is 1. The van der Waals surface area contributed by atoms with Crippen molar-refractivity contribution in [2.45, 2.75) is 25.9 Å². The Hall–Kier alpha value is -0.340. The van der Waals surface area contributed by atoms with E-state index in [0.717, 1.165) is 12.8 Å². The summed E-state index contributed by atoms with van der Waals surface area (Å²) < 4.78 is 5.21. The van der Waals surface area contributed by atoms with Crippen LogP contribution in [0.25, 0.3) is 0 Å². The maximum atomic E-state index is 8.42. The molecule has 1 atom stereocenters. The molecule has 0 aliphatic carbocycles. The molecule has 0 aliphatic rings. The van der Waals surface area contributed by atoms with Gasteiger partial charge < -0.3 is 9.84 Å². The minimum atomic E-state index is 0.0913. The van der Waals surface area contributed by atoms with E-state index in [9.17, 15) is 0 Å². The maximum absolute atomic E-state index is 8.42. The van der Waals surface area contributed by atoms with Crippen molar-refractivity contribution in [1.29, 1.82) is 0 Å². The fraction of sp³-hybridized carbons (Fsp3) is 0.750. The van der Waals surface area contributed by atoms with Gasteiger partial charge in [0.25, 0.3) is 0 Å². The van der Waals surface area contributed by atoms with Gasteiger partial charge in [0.1, 0.15) is 0 Å². The van der Waals surface area contributed by atoms with Gasteiger partial charge in [-0.3, -0.25) is 0 Å². The zero-order valence-corrected chi connectivity index (χ0v) is 6.55. The standard InChI is InChI=1S/C8H16O2/c1-3-5-8(4-2)10-7-6-9/h4,8-9H,2-3,5-7H2,1H3. The molecule has 2 nitrogen and oxygen atoms in total. The zero-order valence-electron chi connectivity index (χ0n) is 6.55. The third-order valence-corrected chi connectivity index (χ3v) is 1.26. The Kier molecular flexibility index (Phi) is 6.55. The zero-order chi connectivity index (χ0) is 7.82. The number of ether oxygens (including phenoxy) is 1. The molecule has 0 radical (unpaired) electrons. The molecule has 0 aromatic heterocycles. The Morgan fingerprint density at radius 3 is 2.80 bits per heavy atom. The molecule has 0 amide bonds. The van der Waals surface area contributed by atoms with Gasteiger partial charge in [0.15, 0.2) is 0 Å². The number of rotatable bonds is 6. The summed E-state index contributed by atoms with van der Waals surface area (Å²) in [5, 5.41) is 8.42. The van der Waals surface area contributed by atoms with Crippen LogP contribution in [0, 0.1) is 0 Å². The summed E-state index contributed by atoms with van der Waals surface area (Å²) in [7, 11) is 0. The average Bonchev–Trinajstić information content (AvgIpc) is 1.98. The van der Waals surface area contributed by atoms with Gasteiger partial charge in [-0.2, -0.15) is 0 Å². The van der Waals surface area contributed by atoms with Gasteiger partial charge in [-0.05, 0) is 6.42 Å². The van der Waals surface area contributed by atoms with Crippen LogP contribution in [0.5, 0.6) is 0 Å². The van der Waals surface area contributed by atoms with Crippen molar-refractivity contribution >= 4 is 0 Å². The van der Waals surface area contributed by atoms with Crippen LogP contribution in [-0.4, -0.2) is 24.4 Å². The molecule has 1 N–H and O–H groups in total. The molecule has 60 valence electrons. The summed E-state index contributed by atoms with van der Waals surface area (Å²) in [5.74, 6) is 0. The van der Waals surface area contributed by atoms with Gasteiger partial charge in [-0.1, -0.05) is 19.4 Å². The van der Waals surface area contributed by atoms with Gasteiger partial charge in [0, 0.05) is 0 Å². The van der Waals surface area contributed by atoms with Crippen molar-refractivity contribution < 1.29 is 9.84 Å². The highest BCUT2D eigenvalue weighted by Crippen LogP contribution is 2.01. The molecule has 2 heteroatoms. The topological polar surface area (TPSA) is 29.5 Å². The average molecular weight is 144 g/mol. The van der Waals surface area contributed by atoms with E-state index >= 15 is 0 Å². The second-order valence-electron chi connectivity index (χ2n) is 2.16. The first-order chi connectivity index (χ1) is 4.85. The number of hydrogen-bond donors (Lipinski definition) is 1. The summed E-state index contributed by atoms with van der Waals surface area (Å²) in [6.45, 7) is 6.23. The van der Waals surface area contributed by atoms with Crippen LogP contribution in [0.1, 0.15) is 19.8 Å². The molecular formula is C8H16O2. The van der Waals surface area contributed by atoms with Crippen molar-refractivity contribution in [2.24, 2.45) is 0 Å². The Bertz CT molecular complexity index is 81.3. The molecule has 1 unspecified atom stereocenters. The molecule has 0 saturated heterocycles. The third kappa shape index (κ3) is 4.53. The van der Waals surface area contributed by atoms with E-state index < -0.39 is 0 Å². The Morgan fingerprint density at radius 2 is 2.40 bits per heavy atom. The van der Waals surface area contributed by atoms with Gasteiger partial charge in [-0.15, -0.1) is 6.58 Å². The van der Waals surface area contributed by atoms with E-state index in [1.807, 2.05) is 0 Å². The van der Waals surface area contributed by atoms with Crippen LogP contribution in [-0.2, 0) is 4.74 Å². The van der Waals surface area contributed by atoms with E-state index in [1.54, 1.807) is 6.08 Å². The maximum Gasteiger partial charge on any atom is 0.0754 e. The highest BCUT2D eigenvalue weighted by molar-refractivity contribution is 4.79. The fourth-order valence-electron chi connectivity index (χ4n) is 0.758. The molecule has 0 aromatic rings. The van der Waals surface area contributed by atoms with Crippen molar-refractivity contribution in [3.63, 3.8) is 0 Å². The number of hydrogen-bond acceptors (Lipinski definition) is 2. The Labute approximate surface area is 62.5 Å². The highest BCUT2D eigenvalue weighted by atomic mass is 16.5. The molecule has 0 saturated carbocycles. The molecular weight excluding hydrogens is 128 g/mol. The van der Waals surface area contributed by atoms with Gasteiger partial charge in [0.2, 0.25) is 0 Å². The van der Waals surface area contributed by atoms with E-state index in [0.29, 0.717) is 6.61 Å². The predicted molar refractivity (Wildman–Crippen MR) is 41.9 cm³/mol. The third-order valence-electron chi connectivity index (χ3n) is 1.26.